The van der Waals surface area contributed by atoms with Crippen LogP contribution in [0.25, 0.3) is 0 Å². The van der Waals surface area contributed by atoms with Crippen LogP contribution in [-0.4, -0.2) is 18.4 Å². The van der Waals surface area contributed by atoms with Crippen LogP contribution in [-0.2, 0) is 16.0 Å². The number of anilines is 2. The Bertz CT molecular complexity index is 822. The van der Waals surface area contributed by atoms with Crippen molar-refractivity contribution in [3.8, 4) is 11.8 Å². The summed E-state index contributed by atoms with van der Waals surface area (Å²) in [5.41, 5.74) is 2.75. The number of nitriles is 1. The van der Waals surface area contributed by atoms with Crippen LogP contribution in [0.1, 0.15) is 17.5 Å². The molecule has 0 saturated heterocycles. The molecule has 2 amide bonds. The SMILES string of the molecule is N#Cc1ccc(CCC(=O)Nc2ccc3c(c2)NC(=O)CO3)cc1. The normalized spacial score (nSPS) is 12.4. The number of nitrogens with zero attached hydrogens (tertiary/aromatic N) is 1. The van der Waals surface area contributed by atoms with Gasteiger partial charge >= 0.3 is 0 Å². The summed E-state index contributed by atoms with van der Waals surface area (Å²) in [4.78, 5) is 23.4. The maximum atomic E-state index is 12.1. The average Bonchev–Trinajstić information content (AvgIpc) is 2.60. The number of amides is 2. The number of carbonyl (C=O) groups is 2. The third-order valence-electron chi connectivity index (χ3n) is 3.62. The molecule has 0 atom stereocenters. The van der Waals surface area contributed by atoms with Crippen LogP contribution in [0.4, 0.5) is 11.4 Å². The molecule has 2 aromatic rings. The average molecular weight is 321 g/mol. The molecule has 120 valence electrons. The monoisotopic (exact) mass is 321 g/mol. The van der Waals surface area contributed by atoms with Crippen LogP contribution in [0.3, 0.4) is 0 Å². The fraction of sp³-hybridized carbons (Fsp3) is 0.167. The van der Waals surface area contributed by atoms with Crippen molar-refractivity contribution in [2.75, 3.05) is 17.2 Å². The Morgan fingerprint density at radius 3 is 2.79 bits per heavy atom. The van der Waals surface area contributed by atoms with E-state index >= 15 is 0 Å². The van der Waals surface area contributed by atoms with E-state index in [2.05, 4.69) is 16.7 Å². The van der Waals surface area contributed by atoms with Gasteiger partial charge in [-0.25, -0.2) is 0 Å². The first-order valence-corrected chi connectivity index (χ1v) is 7.49. The number of nitrogens with one attached hydrogen (secondary N) is 2. The molecular weight excluding hydrogens is 306 g/mol. The van der Waals surface area contributed by atoms with Gasteiger partial charge in [-0.05, 0) is 42.3 Å². The number of benzene rings is 2. The van der Waals surface area contributed by atoms with Gasteiger partial charge in [-0.3, -0.25) is 9.59 Å². The fourth-order valence-corrected chi connectivity index (χ4v) is 2.39. The van der Waals surface area contributed by atoms with Gasteiger partial charge < -0.3 is 15.4 Å². The van der Waals surface area contributed by atoms with Crippen molar-refractivity contribution in [3.05, 3.63) is 53.6 Å². The topological polar surface area (TPSA) is 91.2 Å². The van der Waals surface area contributed by atoms with Crippen LogP contribution in [0.5, 0.6) is 5.75 Å². The first-order valence-electron chi connectivity index (χ1n) is 7.49. The zero-order chi connectivity index (χ0) is 16.9. The predicted molar refractivity (Wildman–Crippen MR) is 88.7 cm³/mol. The van der Waals surface area contributed by atoms with Crippen LogP contribution in [0, 0.1) is 11.3 Å². The van der Waals surface area contributed by atoms with Gasteiger partial charge in [-0.2, -0.15) is 5.26 Å². The molecule has 1 aliphatic heterocycles. The lowest BCUT2D eigenvalue weighted by atomic mass is 10.1. The summed E-state index contributed by atoms with van der Waals surface area (Å²) in [6.45, 7) is 0.00327. The van der Waals surface area contributed by atoms with Gasteiger partial charge in [0.2, 0.25) is 5.91 Å². The smallest absolute Gasteiger partial charge is 0.262 e. The summed E-state index contributed by atoms with van der Waals surface area (Å²) in [6.07, 6.45) is 0.911. The van der Waals surface area contributed by atoms with Crippen molar-refractivity contribution in [1.29, 1.82) is 5.26 Å². The van der Waals surface area contributed by atoms with Gasteiger partial charge in [0.1, 0.15) is 5.75 Å². The Hall–Kier alpha value is -3.33. The van der Waals surface area contributed by atoms with Crippen molar-refractivity contribution in [1.82, 2.24) is 0 Å². The molecule has 6 heteroatoms. The highest BCUT2D eigenvalue weighted by Crippen LogP contribution is 2.30. The number of hydrogen-bond donors (Lipinski definition) is 2. The number of aryl methyl sites for hydroxylation is 1. The Balaban J connectivity index is 1.57. The van der Waals surface area contributed by atoms with E-state index in [1.807, 2.05) is 12.1 Å². The first-order chi connectivity index (χ1) is 11.6. The minimum absolute atomic E-state index is 0.00327. The fourth-order valence-electron chi connectivity index (χ4n) is 2.39. The van der Waals surface area contributed by atoms with E-state index < -0.39 is 0 Å². The molecule has 0 fully saturated rings. The van der Waals surface area contributed by atoms with Crippen molar-refractivity contribution in [2.45, 2.75) is 12.8 Å². The van der Waals surface area contributed by atoms with Gasteiger partial charge in [-0.1, -0.05) is 12.1 Å². The molecule has 0 radical (unpaired) electrons. The van der Waals surface area contributed by atoms with Crippen molar-refractivity contribution < 1.29 is 14.3 Å². The molecule has 2 aromatic carbocycles. The lowest BCUT2D eigenvalue weighted by Gasteiger charge is -2.18. The molecule has 24 heavy (non-hydrogen) atoms. The van der Waals surface area contributed by atoms with Crippen LogP contribution in [0.15, 0.2) is 42.5 Å². The molecule has 0 bridgehead atoms. The standard InChI is InChI=1S/C18H15N3O3/c19-10-13-3-1-12(2-4-13)5-8-17(22)20-14-6-7-16-15(9-14)21-18(23)11-24-16/h1-4,6-7,9H,5,8,11H2,(H,20,22)(H,21,23). The third kappa shape index (κ3) is 3.70. The van der Waals surface area contributed by atoms with Crippen molar-refractivity contribution in [2.24, 2.45) is 0 Å². The maximum absolute atomic E-state index is 12.1. The van der Waals surface area contributed by atoms with Gasteiger partial charge in [0.05, 0.1) is 17.3 Å². The lowest BCUT2D eigenvalue weighted by molar-refractivity contribution is -0.118. The number of ether oxygens (including phenoxy) is 1. The molecule has 1 aliphatic rings. The molecule has 0 aliphatic carbocycles. The zero-order valence-corrected chi connectivity index (χ0v) is 12.8. The second kappa shape index (κ2) is 6.84. The largest absolute Gasteiger partial charge is 0.482 e. The molecule has 6 nitrogen and oxygen atoms in total. The minimum Gasteiger partial charge on any atom is -0.482 e. The molecule has 0 saturated carbocycles. The highest BCUT2D eigenvalue weighted by molar-refractivity contribution is 5.97. The summed E-state index contributed by atoms with van der Waals surface area (Å²) >= 11 is 0. The van der Waals surface area contributed by atoms with Gasteiger partial charge in [-0.15, -0.1) is 0 Å². The van der Waals surface area contributed by atoms with Gasteiger partial charge in [0, 0.05) is 12.1 Å². The van der Waals surface area contributed by atoms with E-state index in [4.69, 9.17) is 10.00 Å². The molecule has 0 unspecified atom stereocenters. The maximum Gasteiger partial charge on any atom is 0.262 e. The van der Waals surface area contributed by atoms with Gasteiger partial charge in [0.15, 0.2) is 6.61 Å². The highest BCUT2D eigenvalue weighted by atomic mass is 16.5. The molecule has 0 spiro atoms. The van der Waals surface area contributed by atoms with E-state index in [9.17, 15) is 9.59 Å². The van der Waals surface area contributed by atoms with E-state index in [0.29, 0.717) is 35.5 Å². The molecule has 3 rings (SSSR count). The van der Waals surface area contributed by atoms with Crippen LogP contribution < -0.4 is 15.4 Å². The second-order valence-electron chi connectivity index (χ2n) is 5.40. The van der Waals surface area contributed by atoms with E-state index in [0.717, 1.165) is 5.56 Å². The van der Waals surface area contributed by atoms with Crippen molar-refractivity contribution in [3.63, 3.8) is 0 Å². The van der Waals surface area contributed by atoms with Crippen molar-refractivity contribution >= 4 is 23.2 Å². The minimum atomic E-state index is -0.216. The molecule has 0 aromatic heterocycles. The molecule has 2 N–H and O–H groups in total. The Labute approximate surface area is 139 Å². The van der Waals surface area contributed by atoms with E-state index in [1.54, 1.807) is 30.3 Å². The second-order valence-corrected chi connectivity index (χ2v) is 5.40. The van der Waals surface area contributed by atoms with Crippen LogP contribution >= 0.6 is 0 Å². The Morgan fingerprint density at radius 2 is 2.04 bits per heavy atom. The summed E-state index contributed by atoms with van der Waals surface area (Å²) in [5, 5.41) is 14.3. The number of fused-ring (bicyclic) bond motifs is 1. The Kier molecular flexibility index (Phi) is 4.43. The lowest BCUT2D eigenvalue weighted by Crippen LogP contribution is -2.25. The third-order valence-corrected chi connectivity index (χ3v) is 3.62. The molecular formula is C18H15N3O3. The summed E-state index contributed by atoms with van der Waals surface area (Å²) in [7, 11) is 0. The zero-order valence-electron chi connectivity index (χ0n) is 12.8. The number of carbonyl (C=O) groups excluding carboxylic acids is 2. The summed E-state index contributed by atoms with van der Waals surface area (Å²) in [5.74, 6) is 0.249. The van der Waals surface area contributed by atoms with Crippen LogP contribution in [0.2, 0.25) is 0 Å². The highest BCUT2D eigenvalue weighted by Gasteiger charge is 2.16. The first kappa shape index (κ1) is 15.6. The van der Waals surface area contributed by atoms with Gasteiger partial charge in [0.25, 0.3) is 5.91 Å². The number of rotatable bonds is 4. The number of hydrogen-bond acceptors (Lipinski definition) is 4. The quantitative estimate of drug-likeness (QED) is 0.905. The summed E-state index contributed by atoms with van der Waals surface area (Å²) < 4.78 is 5.27. The molecule has 1 heterocycles. The van der Waals surface area contributed by atoms with E-state index in [1.165, 1.54) is 0 Å². The predicted octanol–water partition coefficient (Wildman–Crippen LogP) is 2.46. The summed E-state index contributed by atoms with van der Waals surface area (Å²) in [6, 6.07) is 14.3. The van der Waals surface area contributed by atoms with E-state index in [-0.39, 0.29) is 18.4 Å². The Morgan fingerprint density at radius 1 is 1.25 bits per heavy atom.